The molecule has 0 N–H and O–H groups in total. The third kappa shape index (κ3) is 4.08. The third-order valence-electron chi connectivity index (χ3n) is 3.99. The smallest absolute Gasteiger partial charge is 0.410 e. The summed E-state index contributed by atoms with van der Waals surface area (Å²) in [5.74, 6) is 2.59. The molecule has 0 atom stereocenters. The van der Waals surface area contributed by atoms with Crippen LogP contribution in [-0.4, -0.2) is 49.1 Å². The molecule has 5 heteroatoms. The van der Waals surface area contributed by atoms with Crippen molar-refractivity contribution >= 4 is 18.1 Å². The van der Waals surface area contributed by atoms with Gasteiger partial charge in [0.1, 0.15) is 11.9 Å². The van der Waals surface area contributed by atoms with Crippen LogP contribution in [0.3, 0.4) is 0 Å². The van der Waals surface area contributed by atoms with E-state index in [1.54, 1.807) is 11.0 Å². The molecule has 1 amide bonds. The van der Waals surface area contributed by atoms with Crippen LogP contribution in [0.15, 0.2) is 12.1 Å². The van der Waals surface area contributed by atoms with Gasteiger partial charge in [-0.2, -0.15) is 0 Å². The van der Waals surface area contributed by atoms with E-state index in [0.29, 0.717) is 37.3 Å². The standard InChI is InChI=1S/C19H24N2O3/c1-6-15-11-16(13-22)14(2)17(12-15)20-7-9-21(10-8-20)18(23)24-19(3,4)5/h1,11-13H,7-10H2,2-5H3. The Kier molecular flexibility index (Phi) is 5.18. The molecule has 0 aliphatic carbocycles. The highest BCUT2D eigenvalue weighted by atomic mass is 16.6. The maximum atomic E-state index is 12.1. The zero-order chi connectivity index (χ0) is 17.9. The van der Waals surface area contributed by atoms with Crippen LogP contribution in [-0.2, 0) is 4.74 Å². The lowest BCUT2D eigenvalue weighted by atomic mass is 10.0. The molecule has 0 radical (unpaired) electrons. The van der Waals surface area contributed by atoms with E-state index >= 15 is 0 Å². The number of anilines is 1. The third-order valence-corrected chi connectivity index (χ3v) is 3.99. The van der Waals surface area contributed by atoms with Gasteiger partial charge >= 0.3 is 6.09 Å². The van der Waals surface area contributed by atoms with Crippen molar-refractivity contribution < 1.29 is 14.3 Å². The minimum Gasteiger partial charge on any atom is -0.444 e. The van der Waals surface area contributed by atoms with Crippen LogP contribution in [0.5, 0.6) is 0 Å². The first kappa shape index (κ1) is 17.9. The van der Waals surface area contributed by atoms with Crippen LogP contribution >= 0.6 is 0 Å². The van der Waals surface area contributed by atoms with Crippen molar-refractivity contribution in [1.82, 2.24) is 4.90 Å². The number of piperazine rings is 1. The van der Waals surface area contributed by atoms with Crippen LogP contribution < -0.4 is 4.90 Å². The van der Waals surface area contributed by atoms with Crippen molar-refractivity contribution in [1.29, 1.82) is 0 Å². The summed E-state index contributed by atoms with van der Waals surface area (Å²) in [5.41, 5.74) is 2.67. The minimum absolute atomic E-state index is 0.287. The van der Waals surface area contributed by atoms with Crippen molar-refractivity contribution in [3.8, 4) is 12.3 Å². The number of hydrogen-bond donors (Lipinski definition) is 0. The van der Waals surface area contributed by atoms with Crippen molar-refractivity contribution in [2.24, 2.45) is 0 Å². The number of terminal acetylenes is 1. The monoisotopic (exact) mass is 328 g/mol. The van der Waals surface area contributed by atoms with Crippen LogP contribution in [0.2, 0.25) is 0 Å². The maximum absolute atomic E-state index is 12.1. The summed E-state index contributed by atoms with van der Waals surface area (Å²) in [6.45, 7) is 9.98. The molecule has 1 heterocycles. The SMILES string of the molecule is C#Cc1cc(C=O)c(C)c(N2CCN(C(=O)OC(C)(C)C)CC2)c1. The number of hydrogen-bond acceptors (Lipinski definition) is 4. The summed E-state index contributed by atoms with van der Waals surface area (Å²) in [4.78, 5) is 27.3. The summed E-state index contributed by atoms with van der Waals surface area (Å²) >= 11 is 0. The van der Waals surface area contributed by atoms with Gasteiger partial charge in [0.25, 0.3) is 0 Å². The second-order valence-electron chi connectivity index (χ2n) is 6.93. The molecule has 0 spiro atoms. The summed E-state index contributed by atoms with van der Waals surface area (Å²) in [7, 11) is 0. The molecule has 1 saturated heterocycles. The largest absolute Gasteiger partial charge is 0.444 e. The molecule has 1 aromatic rings. The fourth-order valence-electron chi connectivity index (χ4n) is 2.71. The van der Waals surface area contributed by atoms with E-state index in [9.17, 15) is 9.59 Å². The average molecular weight is 328 g/mol. The lowest BCUT2D eigenvalue weighted by Crippen LogP contribution is -2.50. The minimum atomic E-state index is -0.495. The van der Waals surface area contributed by atoms with Crippen molar-refractivity contribution in [3.05, 3.63) is 28.8 Å². The maximum Gasteiger partial charge on any atom is 0.410 e. The molecule has 0 aromatic heterocycles. The number of rotatable bonds is 2. The van der Waals surface area contributed by atoms with E-state index in [2.05, 4.69) is 10.8 Å². The van der Waals surface area contributed by atoms with Crippen molar-refractivity contribution in [3.63, 3.8) is 0 Å². The molecule has 1 fully saturated rings. The summed E-state index contributed by atoms with van der Waals surface area (Å²) in [6.07, 6.45) is 6.03. The molecule has 0 unspecified atom stereocenters. The molecular weight excluding hydrogens is 304 g/mol. The fraction of sp³-hybridized carbons (Fsp3) is 0.474. The summed E-state index contributed by atoms with van der Waals surface area (Å²) in [5, 5.41) is 0. The fourth-order valence-corrected chi connectivity index (χ4v) is 2.71. The topological polar surface area (TPSA) is 49.9 Å². The van der Waals surface area contributed by atoms with E-state index in [1.165, 1.54) is 0 Å². The zero-order valence-electron chi connectivity index (χ0n) is 14.8. The van der Waals surface area contributed by atoms with Gasteiger partial charge in [0.05, 0.1) is 0 Å². The number of benzene rings is 1. The van der Waals surface area contributed by atoms with E-state index in [-0.39, 0.29) is 6.09 Å². The van der Waals surface area contributed by atoms with Crippen LogP contribution in [0.1, 0.15) is 42.3 Å². The van der Waals surface area contributed by atoms with Gasteiger partial charge in [0.2, 0.25) is 0 Å². The predicted molar refractivity (Wildman–Crippen MR) is 94.5 cm³/mol. The van der Waals surface area contributed by atoms with E-state index in [4.69, 9.17) is 11.2 Å². The molecule has 1 aliphatic rings. The van der Waals surface area contributed by atoms with Crippen molar-refractivity contribution in [2.45, 2.75) is 33.3 Å². The second-order valence-corrected chi connectivity index (χ2v) is 6.93. The first-order chi connectivity index (χ1) is 11.2. The first-order valence-corrected chi connectivity index (χ1v) is 8.04. The molecule has 1 aromatic carbocycles. The number of ether oxygens (including phenoxy) is 1. The number of nitrogens with zero attached hydrogens (tertiary/aromatic N) is 2. The van der Waals surface area contributed by atoms with Gasteiger partial charge in [-0.05, 0) is 45.4 Å². The Balaban J connectivity index is 2.12. The molecule has 2 rings (SSSR count). The lowest BCUT2D eigenvalue weighted by Gasteiger charge is -2.37. The van der Waals surface area contributed by atoms with Gasteiger partial charge < -0.3 is 14.5 Å². The van der Waals surface area contributed by atoms with E-state index < -0.39 is 5.60 Å². The number of carbonyl (C=O) groups is 2. The summed E-state index contributed by atoms with van der Waals surface area (Å²) < 4.78 is 5.41. The van der Waals surface area contributed by atoms with Gasteiger partial charge in [0, 0.05) is 43.0 Å². The molecule has 128 valence electrons. The predicted octanol–water partition coefficient (Wildman–Crippen LogP) is 2.85. The Morgan fingerprint density at radius 2 is 1.88 bits per heavy atom. The van der Waals surface area contributed by atoms with Gasteiger partial charge in [-0.3, -0.25) is 4.79 Å². The Morgan fingerprint density at radius 1 is 1.25 bits per heavy atom. The average Bonchev–Trinajstić information content (AvgIpc) is 2.53. The van der Waals surface area contributed by atoms with E-state index in [0.717, 1.165) is 17.5 Å². The Morgan fingerprint density at radius 3 is 2.38 bits per heavy atom. The molecular formula is C19H24N2O3. The number of amides is 1. The molecule has 0 saturated carbocycles. The normalized spacial score (nSPS) is 15.0. The number of carbonyl (C=O) groups excluding carboxylic acids is 2. The summed E-state index contributed by atoms with van der Waals surface area (Å²) in [6, 6.07) is 3.65. The highest BCUT2D eigenvalue weighted by Gasteiger charge is 2.26. The lowest BCUT2D eigenvalue weighted by molar-refractivity contribution is 0.0240. The quantitative estimate of drug-likeness (QED) is 0.619. The van der Waals surface area contributed by atoms with Gasteiger partial charge in [-0.15, -0.1) is 6.42 Å². The molecule has 0 bridgehead atoms. The van der Waals surface area contributed by atoms with Crippen LogP contribution in [0, 0.1) is 19.3 Å². The molecule has 1 aliphatic heterocycles. The van der Waals surface area contributed by atoms with Gasteiger partial charge in [-0.25, -0.2) is 4.79 Å². The molecule has 24 heavy (non-hydrogen) atoms. The van der Waals surface area contributed by atoms with Gasteiger partial charge in [-0.1, -0.05) is 5.92 Å². The Bertz CT molecular complexity index is 675. The highest BCUT2D eigenvalue weighted by Crippen LogP contribution is 2.26. The zero-order valence-corrected chi connectivity index (χ0v) is 14.8. The Labute approximate surface area is 143 Å². The van der Waals surface area contributed by atoms with E-state index in [1.807, 2.05) is 33.8 Å². The van der Waals surface area contributed by atoms with Crippen LogP contribution in [0.25, 0.3) is 0 Å². The second kappa shape index (κ2) is 6.96. The van der Waals surface area contributed by atoms with Crippen LogP contribution in [0.4, 0.5) is 10.5 Å². The molecule has 5 nitrogen and oxygen atoms in total. The van der Waals surface area contributed by atoms with Gasteiger partial charge in [0.15, 0.2) is 0 Å². The number of aldehydes is 1. The highest BCUT2D eigenvalue weighted by molar-refractivity contribution is 5.82. The first-order valence-electron chi connectivity index (χ1n) is 8.04. The Hall–Kier alpha value is -2.48. The van der Waals surface area contributed by atoms with Crippen molar-refractivity contribution in [2.75, 3.05) is 31.1 Å².